The van der Waals surface area contributed by atoms with E-state index in [4.69, 9.17) is 0 Å². The van der Waals surface area contributed by atoms with E-state index in [9.17, 15) is 0 Å². The molecule has 15 heavy (non-hydrogen) atoms. The van der Waals surface area contributed by atoms with Crippen molar-refractivity contribution in [1.29, 1.82) is 0 Å². The van der Waals surface area contributed by atoms with Crippen LogP contribution < -0.4 is 0 Å². The Labute approximate surface area is 96.4 Å². The normalized spacial score (nSPS) is 25.7. The third-order valence-electron chi connectivity index (χ3n) is 3.21. The summed E-state index contributed by atoms with van der Waals surface area (Å²) in [6.45, 7) is 2.30. The van der Waals surface area contributed by atoms with Crippen molar-refractivity contribution in [2.75, 3.05) is 11.5 Å². The van der Waals surface area contributed by atoms with Crippen LogP contribution in [-0.2, 0) is 10.9 Å². The summed E-state index contributed by atoms with van der Waals surface area (Å²) in [5.41, 5.74) is 1.59. The highest BCUT2D eigenvalue weighted by molar-refractivity contribution is 7.97. The zero-order valence-corrected chi connectivity index (χ0v) is 10.4. The van der Waals surface area contributed by atoms with E-state index < -0.39 is 0 Å². The second-order valence-corrected chi connectivity index (χ2v) is 6.80. The Morgan fingerprint density at radius 2 is 2.07 bits per heavy atom. The first-order valence-corrected chi connectivity index (χ1v) is 7.75. The van der Waals surface area contributed by atoms with Gasteiger partial charge in [-0.1, -0.05) is 43.7 Å². The molecule has 1 fully saturated rings. The van der Waals surface area contributed by atoms with Crippen molar-refractivity contribution in [2.24, 2.45) is 0 Å². The van der Waals surface area contributed by atoms with E-state index in [1.54, 1.807) is 5.56 Å². The van der Waals surface area contributed by atoms with Gasteiger partial charge in [-0.05, 0) is 23.7 Å². The van der Waals surface area contributed by atoms with E-state index in [0.717, 1.165) is 5.25 Å². The molecule has 1 saturated heterocycles. The Kier molecular flexibility index (Phi) is 4.13. The summed E-state index contributed by atoms with van der Waals surface area (Å²) >= 11 is 0. The van der Waals surface area contributed by atoms with Crippen LogP contribution in [0.1, 0.15) is 43.4 Å². The molecule has 0 nitrogen and oxygen atoms in total. The van der Waals surface area contributed by atoms with E-state index in [2.05, 4.69) is 37.3 Å². The molecule has 82 valence electrons. The van der Waals surface area contributed by atoms with E-state index in [1.165, 1.54) is 37.2 Å². The molecule has 0 aliphatic carbocycles. The highest BCUT2D eigenvalue weighted by Crippen LogP contribution is 2.36. The maximum Gasteiger partial charge on any atom is 0.143 e. The predicted molar refractivity (Wildman–Crippen MR) is 70.4 cm³/mol. The van der Waals surface area contributed by atoms with Crippen LogP contribution in [0.2, 0.25) is 0 Å². The second-order valence-electron chi connectivity index (χ2n) is 4.34. The van der Waals surface area contributed by atoms with Crippen LogP contribution in [-0.4, -0.2) is 11.5 Å². The third-order valence-corrected chi connectivity index (χ3v) is 6.15. The van der Waals surface area contributed by atoms with Crippen molar-refractivity contribution >= 4 is 10.9 Å². The van der Waals surface area contributed by atoms with Gasteiger partial charge in [-0.15, -0.1) is 0 Å². The fourth-order valence-corrected chi connectivity index (χ4v) is 5.38. The molecule has 0 amide bonds. The molecular weight excluding hydrogens is 200 g/mol. The summed E-state index contributed by atoms with van der Waals surface area (Å²) in [5, 5.41) is 0.887. The van der Waals surface area contributed by atoms with Gasteiger partial charge in [0.25, 0.3) is 0 Å². The van der Waals surface area contributed by atoms with Gasteiger partial charge in [0.1, 0.15) is 16.8 Å². The van der Waals surface area contributed by atoms with Gasteiger partial charge in [0.2, 0.25) is 0 Å². The maximum absolute atomic E-state index is 2.32. The smallest absolute Gasteiger partial charge is 0.0652 e. The fraction of sp³-hybridized carbons (Fsp3) is 0.571. The Morgan fingerprint density at radius 1 is 1.27 bits per heavy atom. The number of hydrogen-bond donors (Lipinski definition) is 0. The van der Waals surface area contributed by atoms with Crippen LogP contribution in [0.3, 0.4) is 0 Å². The number of benzene rings is 1. The number of unbranched alkanes of at least 4 members (excludes halogenated alkanes) is 1. The maximum atomic E-state index is 2.32. The Bertz CT molecular complexity index is 281. The standard InChI is InChI=1S/C14H21S/c1-2-3-11-15-12-7-10-14(15)13-8-5-4-6-9-13/h4-6,8-9,14H,2-3,7,10-12H2,1H3/q+1. The van der Waals surface area contributed by atoms with E-state index in [-0.39, 0.29) is 0 Å². The molecule has 1 aliphatic rings. The van der Waals surface area contributed by atoms with Crippen LogP contribution in [0.5, 0.6) is 0 Å². The van der Waals surface area contributed by atoms with Crippen LogP contribution in [0.25, 0.3) is 0 Å². The topological polar surface area (TPSA) is 0 Å². The molecule has 2 unspecified atom stereocenters. The minimum absolute atomic E-state index is 0.684. The highest BCUT2D eigenvalue weighted by atomic mass is 32.2. The molecule has 0 saturated carbocycles. The molecule has 0 aromatic heterocycles. The van der Waals surface area contributed by atoms with Gasteiger partial charge < -0.3 is 0 Å². The molecule has 1 aliphatic heterocycles. The molecule has 0 bridgehead atoms. The second kappa shape index (κ2) is 5.60. The summed E-state index contributed by atoms with van der Waals surface area (Å²) in [4.78, 5) is 0. The first-order chi connectivity index (χ1) is 7.42. The van der Waals surface area contributed by atoms with Crippen molar-refractivity contribution < 1.29 is 0 Å². The monoisotopic (exact) mass is 221 g/mol. The van der Waals surface area contributed by atoms with Gasteiger partial charge in [0.15, 0.2) is 0 Å². The molecule has 2 rings (SSSR count). The lowest BCUT2D eigenvalue weighted by atomic mass is 10.1. The lowest BCUT2D eigenvalue weighted by molar-refractivity contribution is 0.825. The molecule has 0 spiro atoms. The van der Waals surface area contributed by atoms with Crippen molar-refractivity contribution in [1.82, 2.24) is 0 Å². The van der Waals surface area contributed by atoms with E-state index in [0.29, 0.717) is 10.9 Å². The quantitative estimate of drug-likeness (QED) is 0.676. The van der Waals surface area contributed by atoms with Crippen LogP contribution in [0, 0.1) is 0 Å². The number of hydrogen-bond acceptors (Lipinski definition) is 0. The van der Waals surface area contributed by atoms with Crippen LogP contribution in [0.4, 0.5) is 0 Å². The largest absolute Gasteiger partial charge is 0.143 e. The summed E-state index contributed by atoms with van der Waals surface area (Å²) in [7, 11) is 0.684. The first-order valence-electron chi connectivity index (χ1n) is 6.13. The molecule has 1 heterocycles. The lowest BCUT2D eigenvalue weighted by Gasteiger charge is -2.11. The van der Waals surface area contributed by atoms with Gasteiger partial charge in [-0.3, -0.25) is 0 Å². The zero-order chi connectivity index (χ0) is 10.5. The van der Waals surface area contributed by atoms with Gasteiger partial charge in [-0.2, -0.15) is 0 Å². The predicted octanol–water partition coefficient (Wildman–Crippen LogP) is 3.94. The van der Waals surface area contributed by atoms with Crippen molar-refractivity contribution in [2.45, 2.75) is 37.9 Å². The molecule has 0 radical (unpaired) electrons. The minimum Gasteiger partial charge on any atom is -0.0652 e. The average Bonchev–Trinajstić information content (AvgIpc) is 2.75. The Morgan fingerprint density at radius 3 is 2.80 bits per heavy atom. The lowest BCUT2D eigenvalue weighted by Crippen LogP contribution is -2.13. The molecule has 1 aromatic carbocycles. The van der Waals surface area contributed by atoms with Crippen molar-refractivity contribution in [3.05, 3.63) is 35.9 Å². The van der Waals surface area contributed by atoms with Gasteiger partial charge in [-0.25, -0.2) is 0 Å². The minimum atomic E-state index is 0.684. The van der Waals surface area contributed by atoms with Crippen LogP contribution in [0.15, 0.2) is 30.3 Å². The summed E-state index contributed by atoms with van der Waals surface area (Å²) in [6, 6.07) is 11.1. The molecular formula is C14H21S+. The van der Waals surface area contributed by atoms with Crippen LogP contribution >= 0.6 is 0 Å². The number of rotatable bonds is 4. The van der Waals surface area contributed by atoms with Crippen molar-refractivity contribution in [3.63, 3.8) is 0 Å². The molecule has 1 heteroatoms. The Hall–Kier alpha value is -0.430. The first kappa shape index (κ1) is 11.1. The fourth-order valence-electron chi connectivity index (χ4n) is 2.36. The summed E-state index contributed by atoms with van der Waals surface area (Å²) in [6.07, 6.45) is 5.65. The zero-order valence-electron chi connectivity index (χ0n) is 9.61. The molecule has 0 N–H and O–H groups in total. The van der Waals surface area contributed by atoms with Gasteiger partial charge in [0, 0.05) is 12.0 Å². The molecule has 1 aromatic rings. The van der Waals surface area contributed by atoms with E-state index in [1.807, 2.05) is 0 Å². The van der Waals surface area contributed by atoms with Gasteiger partial charge >= 0.3 is 0 Å². The van der Waals surface area contributed by atoms with E-state index >= 15 is 0 Å². The van der Waals surface area contributed by atoms with Crippen molar-refractivity contribution in [3.8, 4) is 0 Å². The molecule has 2 atom stereocenters. The summed E-state index contributed by atoms with van der Waals surface area (Å²) in [5.74, 6) is 2.95. The van der Waals surface area contributed by atoms with Gasteiger partial charge in [0.05, 0.1) is 0 Å². The average molecular weight is 221 g/mol. The Balaban J connectivity index is 2.01. The third kappa shape index (κ3) is 2.78. The highest BCUT2D eigenvalue weighted by Gasteiger charge is 2.36. The SMILES string of the molecule is CCCC[S+]1CCCC1c1ccccc1. The summed E-state index contributed by atoms with van der Waals surface area (Å²) < 4.78 is 0.